The maximum Gasteiger partial charge on any atom is 0.349 e. The molecule has 28 heavy (non-hydrogen) atoms. The average Bonchev–Trinajstić information content (AvgIpc) is 3.40. The van der Waals surface area contributed by atoms with Gasteiger partial charge in [-0.1, -0.05) is 6.07 Å². The zero-order valence-electron chi connectivity index (χ0n) is 15.5. The Morgan fingerprint density at radius 2 is 2.25 bits per heavy atom. The number of fused-ring (bicyclic) bond motifs is 2. The molecule has 0 bridgehead atoms. The molecule has 3 aromatic rings. The third-order valence-electron chi connectivity index (χ3n) is 4.78. The van der Waals surface area contributed by atoms with Crippen LogP contribution in [0.5, 0.6) is 0 Å². The van der Waals surface area contributed by atoms with E-state index >= 15 is 0 Å². The first-order valence-corrected chi connectivity index (χ1v) is 10.7. The minimum atomic E-state index is -0.607. The van der Waals surface area contributed by atoms with Crippen LogP contribution in [0.3, 0.4) is 0 Å². The minimum absolute atomic E-state index is 0.104. The van der Waals surface area contributed by atoms with Crippen molar-refractivity contribution in [3.05, 3.63) is 49.0 Å². The van der Waals surface area contributed by atoms with E-state index in [0.717, 1.165) is 34.9 Å². The number of aryl methyl sites for hydroxylation is 2. The van der Waals surface area contributed by atoms with Crippen LogP contribution in [0.2, 0.25) is 0 Å². The molecule has 4 heterocycles. The van der Waals surface area contributed by atoms with Gasteiger partial charge in [0.1, 0.15) is 15.5 Å². The highest BCUT2D eigenvalue weighted by Crippen LogP contribution is 2.29. The number of ether oxygens (including phenoxy) is 1. The van der Waals surface area contributed by atoms with Gasteiger partial charge < -0.3 is 10.1 Å². The van der Waals surface area contributed by atoms with Crippen molar-refractivity contribution in [3.63, 3.8) is 0 Å². The number of aromatic nitrogens is 2. The molecule has 3 aromatic heterocycles. The lowest BCUT2D eigenvalue weighted by Gasteiger charge is -2.12. The summed E-state index contributed by atoms with van der Waals surface area (Å²) in [6, 6.07) is 3.70. The molecule has 0 spiro atoms. The summed E-state index contributed by atoms with van der Waals surface area (Å²) in [7, 11) is 0. The van der Waals surface area contributed by atoms with E-state index in [1.54, 1.807) is 22.8 Å². The molecule has 0 aliphatic carbocycles. The fourth-order valence-corrected chi connectivity index (χ4v) is 5.18. The van der Waals surface area contributed by atoms with E-state index in [4.69, 9.17) is 4.74 Å². The maximum atomic E-state index is 12.7. The van der Waals surface area contributed by atoms with Gasteiger partial charge >= 0.3 is 5.97 Å². The van der Waals surface area contributed by atoms with Crippen LogP contribution in [-0.2, 0) is 22.5 Å². The first kappa shape index (κ1) is 18.8. The number of hydrogen-bond acceptors (Lipinski definition) is 7. The highest BCUT2D eigenvalue weighted by molar-refractivity contribution is 7.20. The van der Waals surface area contributed by atoms with Crippen LogP contribution in [-0.4, -0.2) is 28.0 Å². The molecule has 4 rings (SSSR count). The lowest BCUT2D eigenvalue weighted by Crippen LogP contribution is -2.30. The number of nitrogens with one attached hydrogen (secondary N) is 1. The van der Waals surface area contributed by atoms with E-state index < -0.39 is 5.97 Å². The van der Waals surface area contributed by atoms with Gasteiger partial charge in [0, 0.05) is 17.8 Å². The zero-order valence-corrected chi connectivity index (χ0v) is 17.1. The van der Waals surface area contributed by atoms with Crippen molar-refractivity contribution < 1.29 is 14.3 Å². The van der Waals surface area contributed by atoms with Gasteiger partial charge in [0.05, 0.1) is 11.4 Å². The predicted molar refractivity (Wildman–Crippen MR) is 108 cm³/mol. The van der Waals surface area contributed by atoms with Crippen LogP contribution in [0.15, 0.2) is 22.3 Å². The molecule has 0 radical (unpaired) electrons. The molecule has 1 atom stereocenters. The summed E-state index contributed by atoms with van der Waals surface area (Å²) in [5.41, 5.74) is 0.463. The quantitative estimate of drug-likeness (QED) is 0.645. The molecule has 9 heteroatoms. The Morgan fingerprint density at radius 1 is 1.43 bits per heavy atom. The van der Waals surface area contributed by atoms with Crippen molar-refractivity contribution in [2.75, 3.05) is 6.61 Å². The second-order valence-electron chi connectivity index (χ2n) is 6.71. The molecule has 1 aliphatic heterocycles. The Labute approximate surface area is 169 Å². The number of carbonyl (C=O) groups is 2. The van der Waals surface area contributed by atoms with E-state index in [0.29, 0.717) is 27.2 Å². The number of amides is 1. The molecule has 7 nitrogen and oxygen atoms in total. The average molecular weight is 418 g/mol. The number of nitrogens with zero attached hydrogens (tertiary/aromatic N) is 2. The van der Waals surface area contributed by atoms with Crippen LogP contribution in [0.1, 0.15) is 45.3 Å². The Morgan fingerprint density at radius 3 is 3.00 bits per heavy atom. The largest absolute Gasteiger partial charge is 0.451 e. The molecule has 0 saturated heterocycles. The van der Waals surface area contributed by atoms with E-state index in [1.807, 2.05) is 24.4 Å². The number of esters is 1. The fourth-order valence-electron chi connectivity index (χ4n) is 3.36. The third kappa shape index (κ3) is 3.35. The lowest BCUT2D eigenvalue weighted by atomic mass is 10.2. The van der Waals surface area contributed by atoms with Gasteiger partial charge in [-0.25, -0.2) is 9.78 Å². The number of carbonyl (C=O) groups excluding carboxylic acids is 2. The highest BCUT2D eigenvalue weighted by atomic mass is 32.1. The van der Waals surface area contributed by atoms with Crippen molar-refractivity contribution in [1.29, 1.82) is 0 Å². The molecule has 0 fully saturated rings. The van der Waals surface area contributed by atoms with Crippen molar-refractivity contribution in [1.82, 2.24) is 14.9 Å². The molecular formula is C19H19N3O4S2. The van der Waals surface area contributed by atoms with Crippen molar-refractivity contribution in [3.8, 4) is 0 Å². The van der Waals surface area contributed by atoms with Crippen molar-refractivity contribution in [2.24, 2.45) is 0 Å². The number of rotatable bonds is 5. The van der Waals surface area contributed by atoms with Gasteiger partial charge in [0.2, 0.25) is 0 Å². The summed E-state index contributed by atoms with van der Waals surface area (Å²) in [5, 5.41) is 5.21. The van der Waals surface area contributed by atoms with E-state index in [-0.39, 0.29) is 24.1 Å². The third-order valence-corrected chi connectivity index (χ3v) is 7.00. The Balaban J connectivity index is 1.47. The predicted octanol–water partition coefficient (Wildman–Crippen LogP) is 2.81. The molecule has 0 unspecified atom stereocenters. The zero-order chi connectivity index (χ0) is 19.8. The summed E-state index contributed by atoms with van der Waals surface area (Å²) < 4.78 is 6.86. The Kier molecular flexibility index (Phi) is 5.03. The summed E-state index contributed by atoms with van der Waals surface area (Å²) in [5.74, 6) is -0.213. The van der Waals surface area contributed by atoms with Crippen molar-refractivity contribution in [2.45, 2.75) is 39.3 Å². The Hall–Kier alpha value is -2.52. The number of hydrogen-bond donors (Lipinski definition) is 1. The van der Waals surface area contributed by atoms with Crippen molar-refractivity contribution >= 4 is 44.8 Å². The standard InChI is InChI=1S/C19H19N3O4S2/c1-10-15-17(21-13-6-3-7-22(13)18(15)24)28-16(10)19(25)26-9-14(23)20-11(2)12-5-4-8-27-12/h4-5,8,11H,3,6-7,9H2,1-2H3,(H,20,23)/t11-/m1/s1. The topological polar surface area (TPSA) is 90.3 Å². The lowest BCUT2D eigenvalue weighted by molar-refractivity contribution is -0.124. The van der Waals surface area contributed by atoms with Crippen LogP contribution < -0.4 is 10.9 Å². The van der Waals surface area contributed by atoms with E-state index in [1.165, 1.54) is 0 Å². The summed E-state index contributed by atoms with van der Waals surface area (Å²) in [6.45, 7) is 3.89. The maximum absolute atomic E-state index is 12.7. The van der Waals surface area contributed by atoms with E-state index in [2.05, 4.69) is 10.3 Å². The normalized spacial score (nSPS) is 14.1. The molecule has 146 valence electrons. The second-order valence-corrected chi connectivity index (χ2v) is 8.68. The molecule has 1 aliphatic rings. The molecule has 0 saturated carbocycles. The minimum Gasteiger partial charge on any atom is -0.451 e. The molecular weight excluding hydrogens is 398 g/mol. The van der Waals surface area contributed by atoms with Gasteiger partial charge in [-0.3, -0.25) is 14.2 Å². The fraction of sp³-hybridized carbons (Fsp3) is 0.368. The SMILES string of the molecule is Cc1c(C(=O)OCC(=O)N[C@H](C)c2cccs2)sc2nc3n(c(=O)c12)CCC3. The van der Waals surface area contributed by atoms with Gasteiger partial charge in [-0.2, -0.15) is 0 Å². The van der Waals surface area contributed by atoms with Crippen LogP contribution in [0, 0.1) is 6.92 Å². The van der Waals surface area contributed by atoms with Gasteiger partial charge in [0.15, 0.2) is 6.61 Å². The summed E-state index contributed by atoms with van der Waals surface area (Å²) in [6.07, 6.45) is 1.68. The summed E-state index contributed by atoms with van der Waals surface area (Å²) >= 11 is 2.70. The van der Waals surface area contributed by atoms with Gasteiger partial charge in [-0.15, -0.1) is 22.7 Å². The first-order chi connectivity index (χ1) is 13.5. The second kappa shape index (κ2) is 7.48. The van der Waals surface area contributed by atoms with Crippen LogP contribution in [0.25, 0.3) is 10.2 Å². The van der Waals surface area contributed by atoms with Crippen LogP contribution >= 0.6 is 22.7 Å². The monoisotopic (exact) mass is 417 g/mol. The van der Waals surface area contributed by atoms with Gasteiger partial charge in [0.25, 0.3) is 11.5 Å². The molecule has 0 aromatic carbocycles. The summed E-state index contributed by atoms with van der Waals surface area (Å²) in [4.78, 5) is 43.7. The van der Waals surface area contributed by atoms with E-state index in [9.17, 15) is 14.4 Å². The van der Waals surface area contributed by atoms with Crippen LogP contribution in [0.4, 0.5) is 0 Å². The Bertz CT molecular complexity index is 1110. The smallest absolute Gasteiger partial charge is 0.349 e. The number of thiophene rings is 2. The highest BCUT2D eigenvalue weighted by Gasteiger charge is 2.24. The molecule has 1 N–H and O–H groups in total. The molecule has 1 amide bonds. The first-order valence-electron chi connectivity index (χ1n) is 8.98. The van der Waals surface area contributed by atoms with Gasteiger partial charge in [-0.05, 0) is 37.3 Å².